The summed E-state index contributed by atoms with van der Waals surface area (Å²) in [5, 5.41) is 2.98. The molecule has 0 radical (unpaired) electrons. The lowest BCUT2D eigenvalue weighted by atomic mass is 10.0. The maximum Gasteiger partial charge on any atom is 0.416 e. The number of hydrogen-bond acceptors (Lipinski definition) is 2. The van der Waals surface area contributed by atoms with Crippen molar-refractivity contribution in [1.29, 1.82) is 0 Å². The average Bonchev–Trinajstić information content (AvgIpc) is 2.28. The minimum atomic E-state index is -4.34. The van der Waals surface area contributed by atoms with Crippen LogP contribution in [0.4, 0.5) is 13.2 Å². The third kappa shape index (κ3) is 3.91. The molecule has 2 nitrogen and oxygen atoms in total. The Labute approximate surface area is 105 Å². The molecule has 0 saturated carbocycles. The summed E-state index contributed by atoms with van der Waals surface area (Å²) in [6, 6.07) is 4.96. The maximum atomic E-state index is 12.6. The van der Waals surface area contributed by atoms with E-state index in [1.165, 1.54) is 6.07 Å². The fourth-order valence-corrected chi connectivity index (χ4v) is 1.63. The van der Waals surface area contributed by atoms with E-state index in [4.69, 9.17) is 4.74 Å². The number of rotatable bonds is 5. The fraction of sp³-hybridized carbons (Fsp3) is 0.538. The highest BCUT2D eigenvalue weighted by Gasteiger charge is 2.31. The number of alkyl halides is 3. The van der Waals surface area contributed by atoms with Gasteiger partial charge in [0, 0.05) is 6.54 Å². The van der Waals surface area contributed by atoms with Crippen LogP contribution in [0.15, 0.2) is 24.3 Å². The van der Waals surface area contributed by atoms with Crippen LogP contribution in [0, 0.1) is 0 Å². The fourth-order valence-electron chi connectivity index (χ4n) is 1.63. The Morgan fingerprint density at radius 3 is 2.44 bits per heavy atom. The van der Waals surface area contributed by atoms with Gasteiger partial charge in [0.1, 0.15) is 11.4 Å². The Morgan fingerprint density at radius 1 is 1.28 bits per heavy atom. The van der Waals surface area contributed by atoms with Gasteiger partial charge in [0.05, 0.1) is 5.56 Å². The normalized spacial score (nSPS) is 15.2. The molecule has 0 heterocycles. The van der Waals surface area contributed by atoms with E-state index in [1.54, 1.807) is 13.1 Å². The Balaban J connectivity index is 2.91. The lowest BCUT2D eigenvalue weighted by molar-refractivity contribution is -0.137. The number of ether oxygens (including phenoxy) is 1. The first-order valence-electron chi connectivity index (χ1n) is 5.81. The average molecular weight is 261 g/mol. The van der Waals surface area contributed by atoms with Gasteiger partial charge < -0.3 is 10.1 Å². The largest absolute Gasteiger partial charge is 0.486 e. The van der Waals surface area contributed by atoms with Crippen molar-refractivity contribution in [1.82, 2.24) is 5.32 Å². The van der Waals surface area contributed by atoms with Crippen LogP contribution in [0.3, 0.4) is 0 Å². The third-order valence-corrected chi connectivity index (χ3v) is 2.82. The van der Waals surface area contributed by atoms with E-state index in [9.17, 15) is 13.2 Å². The molecule has 1 atom stereocenters. The van der Waals surface area contributed by atoms with E-state index < -0.39 is 17.3 Å². The molecular formula is C13H18F3NO. The van der Waals surface area contributed by atoms with Crippen LogP contribution < -0.4 is 10.1 Å². The molecule has 0 amide bonds. The molecule has 0 saturated heterocycles. The summed E-state index contributed by atoms with van der Waals surface area (Å²) in [6.45, 7) is 4.37. The molecule has 0 aliphatic heterocycles. The molecule has 1 rings (SSSR count). The van der Waals surface area contributed by atoms with Crippen LogP contribution in [0.1, 0.15) is 25.8 Å². The first-order valence-corrected chi connectivity index (χ1v) is 5.81. The van der Waals surface area contributed by atoms with Crippen molar-refractivity contribution < 1.29 is 17.9 Å². The molecule has 0 fully saturated rings. The third-order valence-electron chi connectivity index (χ3n) is 2.82. The molecule has 0 aliphatic rings. The quantitative estimate of drug-likeness (QED) is 0.876. The van der Waals surface area contributed by atoms with Crippen molar-refractivity contribution >= 4 is 0 Å². The zero-order chi connectivity index (χ0) is 13.8. The zero-order valence-electron chi connectivity index (χ0n) is 10.8. The van der Waals surface area contributed by atoms with Crippen LogP contribution in [0.25, 0.3) is 0 Å². The van der Waals surface area contributed by atoms with Crippen LogP contribution in [0.5, 0.6) is 5.75 Å². The molecule has 5 heteroatoms. The minimum absolute atomic E-state index is 0.240. The predicted octanol–water partition coefficient (Wildman–Crippen LogP) is 3.47. The first kappa shape index (κ1) is 14.8. The molecule has 1 unspecified atom stereocenters. The van der Waals surface area contributed by atoms with Crippen molar-refractivity contribution in [3.05, 3.63) is 29.8 Å². The van der Waals surface area contributed by atoms with E-state index >= 15 is 0 Å². The SMILES string of the molecule is CCC(C)(CNC)Oc1cccc(C(F)(F)F)c1. The van der Waals surface area contributed by atoms with Gasteiger partial charge in [-0.15, -0.1) is 0 Å². The Bertz CT molecular complexity index is 392. The molecule has 0 aliphatic carbocycles. The number of likely N-dealkylation sites (N-methyl/N-ethyl adjacent to an activating group) is 1. The topological polar surface area (TPSA) is 21.3 Å². The second-order valence-electron chi connectivity index (χ2n) is 4.46. The lowest BCUT2D eigenvalue weighted by Gasteiger charge is -2.29. The highest BCUT2D eigenvalue weighted by Crippen LogP contribution is 2.32. The van der Waals surface area contributed by atoms with Crippen molar-refractivity contribution in [2.45, 2.75) is 32.0 Å². The van der Waals surface area contributed by atoms with E-state index in [-0.39, 0.29) is 5.75 Å². The monoisotopic (exact) mass is 261 g/mol. The number of halogens is 3. The summed E-state index contributed by atoms with van der Waals surface area (Å²) in [6.07, 6.45) is -3.64. The molecule has 18 heavy (non-hydrogen) atoms. The van der Waals surface area contributed by atoms with Crippen molar-refractivity contribution in [3.63, 3.8) is 0 Å². The Kier molecular flexibility index (Phi) is 4.62. The first-order chi connectivity index (χ1) is 8.30. The van der Waals surface area contributed by atoms with Gasteiger partial charge >= 0.3 is 6.18 Å². The summed E-state index contributed by atoms with van der Waals surface area (Å²) in [5.41, 5.74) is -1.21. The molecule has 0 aromatic heterocycles. The van der Waals surface area contributed by atoms with Gasteiger partial charge in [-0.1, -0.05) is 13.0 Å². The Morgan fingerprint density at radius 2 is 1.94 bits per heavy atom. The number of hydrogen-bond donors (Lipinski definition) is 1. The predicted molar refractivity (Wildman–Crippen MR) is 64.7 cm³/mol. The minimum Gasteiger partial charge on any atom is -0.486 e. The number of benzene rings is 1. The summed E-state index contributed by atoms with van der Waals surface area (Å²) in [4.78, 5) is 0. The van der Waals surface area contributed by atoms with Gasteiger partial charge in [-0.05, 0) is 38.6 Å². The summed E-state index contributed by atoms with van der Waals surface area (Å²) >= 11 is 0. The second-order valence-corrected chi connectivity index (χ2v) is 4.46. The Hall–Kier alpha value is -1.23. The van der Waals surface area contributed by atoms with E-state index in [1.807, 2.05) is 13.8 Å². The highest BCUT2D eigenvalue weighted by molar-refractivity contribution is 5.30. The highest BCUT2D eigenvalue weighted by atomic mass is 19.4. The smallest absolute Gasteiger partial charge is 0.416 e. The van der Waals surface area contributed by atoms with Gasteiger partial charge in [0.15, 0.2) is 0 Å². The molecule has 1 aromatic carbocycles. The van der Waals surface area contributed by atoms with E-state index in [2.05, 4.69) is 5.32 Å². The molecule has 102 valence electrons. The van der Waals surface area contributed by atoms with E-state index in [0.717, 1.165) is 12.1 Å². The van der Waals surface area contributed by atoms with Crippen LogP contribution >= 0.6 is 0 Å². The standard InChI is InChI=1S/C13H18F3NO/c1-4-12(2,9-17-3)18-11-7-5-6-10(8-11)13(14,15)16/h5-8,17H,4,9H2,1-3H3. The van der Waals surface area contributed by atoms with Crippen molar-refractivity contribution in [2.24, 2.45) is 0 Å². The molecule has 0 spiro atoms. The van der Waals surface area contributed by atoms with Crippen LogP contribution in [-0.2, 0) is 6.18 Å². The summed E-state index contributed by atoms with van der Waals surface area (Å²) in [7, 11) is 1.78. The van der Waals surface area contributed by atoms with Gasteiger partial charge in [0.2, 0.25) is 0 Å². The van der Waals surface area contributed by atoms with Gasteiger partial charge in [0.25, 0.3) is 0 Å². The van der Waals surface area contributed by atoms with Crippen LogP contribution in [-0.4, -0.2) is 19.2 Å². The van der Waals surface area contributed by atoms with Crippen molar-refractivity contribution in [2.75, 3.05) is 13.6 Å². The van der Waals surface area contributed by atoms with Gasteiger partial charge in [-0.2, -0.15) is 13.2 Å². The van der Waals surface area contributed by atoms with E-state index in [0.29, 0.717) is 13.0 Å². The van der Waals surface area contributed by atoms with Crippen molar-refractivity contribution in [3.8, 4) is 5.75 Å². The maximum absolute atomic E-state index is 12.6. The number of nitrogens with one attached hydrogen (secondary N) is 1. The van der Waals surface area contributed by atoms with Gasteiger partial charge in [-0.25, -0.2) is 0 Å². The van der Waals surface area contributed by atoms with Crippen LogP contribution in [0.2, 0.25) is 0 Å². The lowest BCUT2D eigenvalue weighted by Crippen LogP contribution is -2.41. The molecule has 1 N–H and O–H groups in total. The van der Waals surface area contributed by atoms with Gasteiger partial charge in [-0.3, -0.25) is 0 Å². The molecule has 1 aromatic rings. The molecular weight excluding hydrogens is 243 g/mol. The summed E-state index contributed by atoms with van der Waals surface area (Å²) < 4.78 is 43.4. The zero-order valence-corrected chi connectivity index (χ0v) is 10.8. The molecule has 0 bridgehead atoms. The summed E-state index contributed by atoms with van der Waals surface area (Å²) in [5.74, 6) is 0.240. The second kappa shape index (κ2) is 5.61.